The van der Waals surface area contributed by atoms with Crippen LogP contribution in [0.4, 0.5) is 13.2 Å². The van der Waals surface area contributed by atoms with E-state index in [0.717, 1.165) is 24.6 Å². The molecule has 1 saturated heterocycles. The number of carbonyl (C=O) groups excluding carboxylic acids is 3. The van der Waals surface area contributed by atoms with Gasteiger partial charge in [-0.25, -0.2) is 4.79 Å². The minimum absolute atomic E-state index is 0.365. The first kappa shape index (κ1) is 25.1. The second-order valence-corrected chi connectivity index (χ2v) is 6.64. The molecule has 12 nitrogen and oxygen atoms in total. The van der Waals surface area contributed by atoms with Crippen LogP contribution in [0.1, 0.15) is 25.6 Å². The second-order valence-electron chi connectivity index (χ2n) is 6.64. The maximum absolute atomic E-state index is 12.4. The molecule has 1 aromatic heterocycles. The fourth-order valence-corrected chi connectivity index (χ4v) is 2.97. The lowest BCUT2D eigenvalue weighted by Crippen LogP contribution is -2.42. The van der Waals surface area contributed by atoms with E-state index < -0.39 is 71.9 Å². The van der Waals surface area contributed by atoms with E-state index in [-0.39, 0.29) is 6.61 Å². The third kappa shape index (κ3) is 5.94. The number of carbonyl (C=O) groups is 3. The first-order valence-corrected chi connectivity index (χ1v) is 9.03. The zero-order valence-electron chi connectivity index (χ0n) is 17.1. The molecule has 1 aliphatic heterocycles. The third-order valence-electron chi connectivity index (χ3n) is 4.32. The van der Waals surface area contributed by atoms with Gasteiger partial charge in [0.05, 0.1) is 5.56 Å². The Morgan fingerprint density at radius 2 is 1.84 bits per heavy atom. The van der Waals surface area contributed by atoms with E-state index >= 15 is 0 Å². The molecule has 1 amide bonds. The number of nitrogens with one attached hydrogen (secondary N) is 2. The van der Waals surface area contributed by atoms with Crippen molar-refractivity contribution >= 4 is 17.8 Å². The molecule has 15 heteroatoms. The van der Waals surface area contributed by atoms with E-state index in [1.54, 1.807) is 0 Å². The highest BCUT2D eigenvalue weighted by Crippen LogP contribution is 2.33. The maximum atomic E-state index is 12.4. The predicted molar refractivity (Wildman–Crippen MR) is 96.1 cm³/mol. The molecule has 0 aromatic carbocycles. The fourth-order valence-electron chi connectivity index (χ4n) is 2.97. The van der Waals surface area contributed by atoms with E-state index in [2.05, 4.69) is 0 Å². The van der Waals surface area contributed by atoms with Crippen LogP contribution in [-0.4, -0.2) is 65.6 Å². The number of ether oxygens (including phenoxy) is 4. The highest BCUT2D eigenvalue weighted by molar-refractivity contribution is 5.81. The molecule has 178 valence electrons. The highest BCUT2D eigenvalue weighted by atomic mass is 19.4. The lowest BCUT2D eigenvalue weighted by molar-refractivity contribution is -0.173. The summed E-state index contributed by atoms with van der Waals surface area (Å²) in [6.45, 7) is 1.03. The number of esters is 2. The van der Waals surface area contributed by atoms with Crippen molar-refractivity contribution in [2.45, 2.75) is 51.1 Å². The largest absolute Gasteiger partial charge is 0.471 e. The molecular formula is C17H20F3N3O9. The van der Waals surface area contributed by atoms with Crippen LogP contribution in [0.15, 0.2) is 15.8 Å². The Hall–Kier alpha value is -3.20. The number of rotatable bonds is 7. The molecule has 0 radical (unpaired) electrons. The lowest BCUT2D eigenvalue weighted by Gasteiger charge is -2.23. The second kappa shape index (κ2) is 9.95. The van der Waals surface area contributed by atoms with Gasteiger partial charge in [-0.2, -0.15) is 13.2 Å². The van der Waals surface area contributed by atoms with Gasteiger partial charge in [-0.05, 0) is 0 Å². The van der Waals surface area contributed by atoms with Gasteiger partial charge in [0.25, 0.3) is 5.56 Å². The Kier molecular flexibility index (Phi) is 7.79. The number of amides is 1. The van der Waals surface area contributed by atoms with Gasteiger partial charge in [0, 0.05) is 33.7 Å². The molecule has 0 bridgehead atoms. The third-order valence-corrected chi connectivity index (χ3v) is 4.32. The van der Waals surface area contributed by atoms with Gasteiger partial charge < -0.3 is 24.3 Å². The number of aromatic amines is 1. The Morgan fingerprint density at radius 1 is 1.19 bits per heavy atom. The SMILES string of the molecule is COC1C(OC(C)=O)[C@@H](COC(C)=O)O[C@H]1n1cc(CNC(=O)C(F)(F)F)c(=O)[nH]c1=O. The van der Waals surface area contributed by atoms with Crippen LogP contribution in [0.2, 0.25) is 0 Å². The van der Waals surface area contributed by atoms with Crippen LogP contribution >= 0.6 is 0 Å². The van der Waals surface area contributed by atoms with Crippen LogP contribution in [-0.2, 0) is 39.9 Å². The van der Waals surface area contributed by atoms with Crippen molar-refractivity contribution < 1.29 is 46.5 Å². The molecule has 0 saturated carbocycles. The van der Waals surface area contributed by atoms with Crippen molar-refractivity contribution in [2.24, 2.45) is 0 Å². The molecule has 4 atom stereocenters. The number of nitrogens with zero attached hydrogens (tertiary/aromatic N) is 1. The molecule has 2 heterocycles. The Morgan fingerprint density at radius 3 is 2.38 bits per heavy atom. The van der Waals surface area contributed by atoms with Crippen LogP contribution in [0.5, 0.6) is 0 Å². The lowest BCUT2D eigenvalue weighted by atomic mass is 10.1. The number of H-pyrrole nitrogens is 1. The summed E-state index contributed by atoms with van der Waals surface area (Å²) in [5.41, 5.74) is -2.44. The number of aromatic nitrogens is 2. The van der Waals surface area contributed by atoms with Crippen molar-refractivity contribution in [2.75, 3.05) is 13.7 Å². The van der Waals surface area contributed by atoms with Crippen molar-refractivity contribution in [3.8, 4) is 0 Å². The van der Waals surface area contributed by atoms with E-state index in [9.17, 15) is 37.1 Å². The quantitative estimate of drug-likeness (QED) is 0.487. The molecule has 2 rings (SSSR count). The van der Waals surface area contributed by atoms with Crippen molar-refractivity contribution in [1.29, 1.82) is 0 Å². The molecule has 1 fully saturated rings. The zero-order valence-corrected chi connectivity index (χ0v) is 17.1. The minimum Gasteiger partial charge on any atom is -0.463 e. The predicted octanol–water partition coefficient (Wildman–Crippen LogP) is -0.878. The van der Waals surface area contributed by atoms with Gasteiger partial charge >= 0.3 is 29.7 Å². The van der Waals surface area contributed by atoms with Crippen LogP contribution < -0.4 is 16.6 Å². The van der Waals surface area contributed by atoms with Gasteiger partial charge in [0.15, 0.2) is 12.3 Å². The summed E-state index contributed by atoms with van der Waals surface area (Å²) >= 11 is 0. The van der Waals surface area contributed by atoms with E-state index in [1.165, 1.54) is 12.4 Å². The molecule has 1 aromatic rings. The molecule has 0 aliphatic carbocycles. The van der Waals surface area contributed by atoms with E-state index in [4.69, 9.17) is 18.9 Å². The summed E-state index contributed by atoms with van der Waals surface area (Å²) in [7, 11) is 1.22. The summed E-state index contributed by atoms with van der Waals surface area (Å²) in [6, 6.07) is 0. The van der Waals surface area contributed by atoms with Crippen LogP contribution in [0.25, 0.3) is 0 Å². The van der Waals surface area contributed by atoms with Crippen LogP contribution in [0, 0.1) is 0 Å². The summed E-state index contributed by atoms with van der Waals surface area (Å²) < 4.78 is 59.0. The average molecular weight is 467 g/mol. The number of hydrogen-bond donors (Lipinski definition) is 2. The first-order chi connectivity index (χ1) is 14.8. The molecule has 32 heavy (non-hydrogen) atoms. The van der Waals surface area contributed by atoms with Crippen molar-refractivity contribution in [3.63, 3.8) is 0 Å². The maximum Gasteiger partial charge on any atom is 0.471 e. The Bertz CT molecular complexity index is 988. The summed E-state index contributed by atoms with van der Waals surface area (Å²) in [6.07, 6.45) is -8.93. The van der Waals surface area contributed by atoms with Gasteiger partial charge in [-0.15, -0.1) is 0 Å². The number of alkyl halides is 3. The highest BCUT2D eigenvalue weighted by Gasteiger charge is 2.49. The summed E-state index contributed by atoms with van der Waals surface area (Å²) in [5, 5.41) is 1.52. The average Bonchev–Trinajstić information content (AvgIpc) is 3.01. The van der Waals surface area contributed by atoms with Gasteiger partial charge in [-0.1, -0.05) is 0 Å². The molecule has 2 N–H and O–H groups in total. The molecule has 2 unspecified atom stereocenters. The molecule has 0 spiro atoms. The Labute approximate surface area is 177 Å². The number of halogens is 3. The standard InChI is InChI=1S/C17H20F3N3O9/c1-7(24)30-6-10-11(31-8(2)25)12(29-3)14(32-10)23-5-9(13(26)22-16(23)28)4-21-15(27)17(18,19)20/h5,10-12,14H,4,6H2,1-3H3,(H,21,27)(H,22,26,28)/t10-,11?,12?,14-/m1/s1. The normalized spacial score (nSPS) is 22.9. The van der Waals surface area contributed by atoms with E-state index in [0.29, 0.717) is 0 Å². The summed E-state index contributed by atoms with van der Waals surface area (Å²) in [4.78, 5) is 59.9. The fraction of sp³-hybridized carbons (Fsp3) is 0.588. The molecular weight excluding hydrogens is 447 g/mol. The van der Waals surface area contributed by atoms with Gasteiger partial charge in [0.1, 0.15) is 18.8 Å². The first-order valence-electron chi connectivity index (χ1n) is 9.03. The number of hydrogen-bond acceptors (Lipinski definition) is 9. The van der Waals surface area contributed by atoms with Gasteiger partial charge in [-0.3, -0.25) is 28.7 Å². The Balaban J connectivity index is 2.37. The monoisotopic (exact) mass is 467 g/mol. The smallest absolute Gasteiger partial charge is 0.463 e. The van der Waals surface area contributed by atoms with E-state index in [1.807, 2.05) is 4.98 Å². The summed E-state index contributed by atoms with van der Waals surface area (Å²) in [5.74, 6) is -3.66. The van der Waals surface area contributed by atoms with Crippen LogP contribution in [0.3, 0.4) is 0 Å². The minimum atomic E-state index is -5.17. The number of methoxy groups -OCH3 is 1. The van der Waals surface area contributed by atoms with Gasteiger partial charge in [0.2, 0.25) is 0 Å². The van der Waals surface area contributed by atoms with Crippen molar-refractivity contribution in [3.05, 3.63) is 32.6 Å². The zero-order chi connectivity index (χ0) is 24.2. The van der Waals surface area contributed by atoms with Crippen molar-refractivity contribution in [1.82, 2.24) is 14.9 Å². The topological polar surface area (TPSA) is 155 Å². The molecule has 1 aliphatic rings.